The summed E-state index contributed by atoms with van der Waals surface area (Å²) in [6.07, 6.45) is 0.161. The predicted octanol–water partition coefficient (Wildman–Crippen LogP) is 1.02. The second kappa shape index (κ2) is 6.35. The standard InChI is InChI=1S/C12H19NO3/c1-3-9-6-10(4-5-12(9)16-2)13-7-11(15)8-14/h4-6,11,13-15H,3,7-8H2,1-2H3. The number of nitrogens with one attached hydrogen (secondary N) is 1. The molecule has 0 radical (unpaired) electrons. The van der Waals surface area contributed by atoms with Gasteiger partial charge in [-0.25, -0.2) is 0 Å². The van der Waals surface area contributed by atoms with Crippen LogP contribution >= 0.6 is 0 Å². The Morgan fingerprint density at radius 3 is 2.75 bits per heavy atom. The van der Waals surface area contributed by atoms with Crippen molar-refractivity contribution in [1.29, 1.82) is 0 Å². The lowest BCUT2D eigenvalue weighted by Gasteiger charge is -2.13. The van der Waals surface area contributed by atoms with Gasteiger partial charge in [0.15, 0.2) is 0 Å². The number of ether oxygens (including phenoxy) is 1. The molecule has 1 aromatic carbocycles. The minimum absolute atomic E-state index is 0.232. The summed E-state index contributed by atoms with van der Waals surface area (Å²) in [6, 6.07) is 5.78. The van der Waals surface area contributed by atoms with Crippen LogP contribution in [0.25, 0.3) is 0 Å². The zero-order valence-electron chi connectivity index (χ0n) is 9.73. The number of rotatable bonds is 6. The molecule has 0 spiro atoms. The van der Waals surface area contributed by atoms with Crippen LogP contribution in [0.1, 0.15) is 12.5 Å². The topological polar surface area (TPSA) is 61.7 Å². The fourth-order valence-corrected chi connectivity index (χ4v) is 1.47. The molecule has 90 valence electrons. The fourth-order valence-electron chi connectivity index (χ4n) is 1.47. The van der Waals surface area contributed by atoms with E-state index >= 15 is 0 Å². The molecule has 16 heavy (non-hydrogen) atoms. The molecule has 1 rings (SSSR count). The van der Waals surface area contributed by atoms with E-state index in [0.29, 0.717) is 6.54 Å². The van der Waals surface area contributed by atoms with Gasteiger partial charge in [-0.15, -0.1) is 0 Å². The number of aryl methyl sites for hydroxylation is 1. The highest BCUT2D eigenvalue weighted by Crippen LogP contribution is 2.22. The van der Waals surface area contributed by atoms with Crippen molar-refractivity contribution in [3.8, 4) is 5.75 Å². The molecule has 0 heterocycles. The summed E-state index contributed by atoms with van der Waals surface area (Å²) in [5.74, 6) is 0.871. The molecule has 0 aliphatic heterocycles. The van der Waals surface area contributed by atoms with Crippen LogP contribution in [0.2, 0.25) is 0 Å². The Balaban J connectivity index is 2.67. The van der Waals surface area contributed by atoms with Gasteiger partial charge in [0, 0.05) is 12.2 Å². The fraction of sp³-hybridized carbons (Fsp3) is 0.500. The molecule has 0 fully saturated rings. The second-order valence-corrected chi connectivity index (χ2v) is 3.60. The van der Waals surface area contributed by atoms with Crippen molar-refractivity contribution in [3.05, 3.63) is 23.8 Å². The number of hydrogen-bond acceptors (Lipinski definition) is 4. The van der Waals surface area contributed by atoms with E-state index in [9.17, 15) is 5.11 Å². The quantitative estimate of drug-likeness (QED) is 0.676. The molecule has 1 atom stereocenters. The molecule has 0 aromatic heterocycles. The molecule has 0 aliphatic rings. The Morgan fingerprint density at radius 2 is 2.19 bits per heavy atom. The molecule has 0 bridgehead atoms. The predicted molar refractivity (Wildman–Crippen MR) is 64.0 cm³/mol. The van der Waals surface area contributed by atoms with E-state index in [0.717, 1.165) is 23.4 Å². The van der Waals surface area contributed by atoms with Crippen LogP contribution in [-0.2, 0) is 6.42 Å². The first-order valence-corrected chi connectivity index (χ1v) is 5.41. The third kappa shape index (κ3) is 3.40. The van der Waals surface area contributed by atoms with Gasteiger partial charge >= 0.3 is 0 Å². The maximum absolute atomic E-state index is 9.21. The minimum Gasteiger partial charge on any atom is -0.496 e. The van der Waals surface area contributed by atoms with Gasteiger partial charge in [0.25, 0.3) is 0 Å². The van der Waals surface area contributed by atoms with Gasteiger partial charge in [-0.1, -0.05) is 6.92 Å². The summed E-state index contributed by atoms with van der Waals surface area (Å²) in [7, 11) is 1.65. The molecule has 1 unspecified atom stereocenters. The molecular formula is C12H19NO3. The molecular weight excluding hydrogens is 206 g/mol. The number of aliphatic hydroxyl groups excluding tert-OH is 2. The minimum atomic E-state index is -0.729. The Hall–Kier alpha value is -1.26. The number of benzene rings is 1. The molecule has 4 heteroatoms. The summed E-state index contributed by atoms with van der Waals surface area (Å²) in [4.78, 5) is 0. The van der Waals surface area contributed by atoms with E-state index in [2.05, 4.69) is 12.2 Å². The van der Waals surface area contributed by atoms with E-state index < -0.39 is 6.10 Å². The van der Waals surface area contributed by atoms with Gasteiger partial charge in [0.2, 0.25) is 0 Å². The Kier molecular flexibility index (Phi) is 5.08. The van der Waals surface area contributed by atoms with E-state index in [1.807, 2.05) is 18.2 Å². The molecule has 0 aliphatic carbocycles. The van der Waals surface area contributed by atoms with Crippen LogP contribution in [-0.4, -0.2) is 36.6 Å². The average molecular weight is 225 g/mol. The zero-order chi connectivity index (χ0) is 12.0. The van der Waals surface area contributed by atoms with E-state index in [1.54, 1.807) is 7.11 Å². The van der Waals surface area contributed by atoms with Crippen LogP contribution in [0.5, 0.6) is 5.75 Å². The SMILES string of the molecule is CCc1cc(NCC(O)CO)ccc1OC. The second-order valence-electron chi connectivity index (χ2n) is 3.60. The lowest BCUT2D eigenvalue weighted by molar-refractivity contribution is 0.105. The van der Waals surface area contributed by atoms with Gasteiger partial charge < -0.3 is 20.3 Å². The number of hydrogen-bond donors (Lipinski definition) is 3. The summed E-state index contributed by atoms with van der Waals surface area (Å²) in [5.41, 5.74) is 2.04. The summed E-state index contributed by atoms with van der Waals surface area (Å²) >= 11 is 0. The van der Waals surface area contributed by atoms with Gasteiger partial charge in [0.05, 0.1) is 19.8 Å². The van der Waals surface area contributed by atoms with Crippen molar-refractivity contribution in [2.45, 2.75) is 19.4 Å². The van der Waals surface area contributed by atoms with Crippen LogP contribution in [0.15, 0.2) is 18.2 Å². The first-order chi connectivity index (χ1) is 7.71. The monoisotopic (exact) mass is 225 g/mol. The van der Waals surface area contributed by atoms with E-state index in [1.165, 1.54) is 0 Å². The van der Waals surface area contributed by atoms with Crippen molar-refractivity contribution in [3.63, 3.8) is 0 Å². The highest BCUT2D eigenvalue weighted by Gasteiger charge is 2.04. The highest BCUT2D eigenvalue weighted by atomic mass is 16.5. The smallest absolute Gasteiger partial charge is 0.122 e. The van der Waals surface area contributed by atoms with Gasteiger partial charge in [-0.3, -0.25) is 0 Å². The van der Waals surface area contributed by atoms with Crippen molar-refractivity contribution in [1.82, 2.24) is 0 Å². The number of methoxy groups -OCH3 is 1. The van der Waals surface area contributed by atoms with Gasteiger partial charge in [-0.05, 0) is 30.2 Å². The van der Waals surface area contributed by atoms with E-state index in [-0.39, 0.29) is 6.61 Å². The molecule has 1 aromatic rings. The Bertz CT molecular complexity index is 328. The lowest BCUT2D eigenvalue weighted by Crippen LogP contribution is -2.22. The maximum atomic E-state index is 9.21. The first-order valence-electron chi connectivity index (χ1n) is 5.41. The average Bonchev–Trinajstić information content (AvgIpc) is 2.35. The molecule has 4 nitrogen and oxygen atoms in total. The largest absolute Gasteiger partial charge is 0.496 e. The summed E-state index contributed by atoms with van der Waals surface area (Å²) in [5, 5.41) is 21.0. The molecule has 3 N–H and O–H groups in total. The van der Waals surface area contributed by atoms with Crippen LogP contribution < -0.4 is 10.1 Å². The lowest BCUT2D eigenvalue weighted by atomic mass is 10.1. The molecule has 0 amide bonds. The van der Waals surface area contributed by atoms with Crippen molar-refractivity contribution in [2.24, 2.45) is 0 Å². The van der Waals surface area contributed by atoms with Crippen LogP contribution in [0, 0.1) is 0 Å². The van der Waals surface area contributed by atoms with Gasteiger partial charge in [-0.2, -0.15) is 0 Å². The number of aliphatic hydroxyl groups is 2. The summed E-state index contributed by atoms with van der Waals surface area (Å²) < 4.78 is 5.22. The van der Waals surface area contributed by atoms with Crippen molar-refractivity contribution >= 4 is 5.69 Å². The summed E-state index contributed by atoms with van der Waals surface area (Å²) in [6.45, 7) is 2.17. The van der Waals surface area contributed by atoms with Gasteiger partial charge in [0.1, 0.15) is 5.75 Å². The highest BCUT2D eigenvalue weighted by molar-refractivity contribution is 5.51. The Morgan fingerprint density at radius 1 is 1.44 bits per heavy atom. The zero-order valence-corrected chi connectivity index (χ0v) is 9.73. The third-order valence-corrected chi connectivity index (χ3v) is 2.41. The number of anilines is 1. The van der Waals surface area contributed by atoms with E-state index in [4.69, 9.17) is 9.84 Å². The molecule has 0 saturated carbocycles. The first kappa shape index (κ1) is 12.8. The van der Waals surface area contributed by atoms with Crippen molar-refractivity contribution < 1.29 is 14.9 Å². The van der Waals surface area contributed by atoms with Crippen molar-refractivity contribution in [2.75, 3.05) is 25.6 Å². The molecule has 0 saturated heterocycles. The Labute approximate surface area is 95.9 Å². The third-order valence-electron chi connectivity index (χ3n) is 2.41. The van der Waals surface area contributed by atoms with Crippen LogP contribution in [0.3, 0.4) is 0 Å². The normalized spacial score (nSPS) is 12.2. The maximum Gasteiger partial charge on any atom is 0.122 e. The van der Waals surface area contributed by atoms with Crippen LogP contribution in [0.4, 0.5) is 5.69 Å².